The number of nitrogens with two attached hydrogens (primary N) is 1. The van der Waals surface area contributed by atoms with Crippen LogP contribution in [0.25, 0.3) is 0 Å². The minimum atomic E-state index is -4.46. The SMILES string of the molecule is CCC(=O)NC(N)=N/C(=C\C(C)C)C(=O)NC(CC)c1ccc(OCC(F)(F)F)nc1. The highest BCUT2D eigenvalue weighted by atomic mass is 19.4. The molecule has 0 saturated heterocycles. The summed E-state index contributed by atoms with van der Waals surface area (Å²) in [5.74, 6) is -1.25. The van der Waals surface area contributed by atoms with Gasteiger partial charge in [-0.05, 0) is 17.9 Å². The minimum Gasteiger partial charge on any atom is -0.468 e. The van der Waals surface area contributed by atoms with Gasteiger partial charge in [-0.3, -0.25) is 14.9 Å². The van der Waals surface area contributed by atoms with Gasteiger partial charge in [0.1, 0.15) is 5.70 Å². The molecule has 11 heteroatoms. The molecule has 0 spiro atoms. The maximum atomic E-state index is 12.8. The fourth-order valence-corrected chi connectivity index (χ4v) is 2.36. The fraction of sp³-hybridized carbons (Fsp3) is 0.500. The molecule has 0 aliphatic carbocycles. The lowest BCUT2D eigenvalue weighted by atomic mass is 10.1. The number of hydrogen-bond donors (Lipinski definition) is 3. The Labute approximate surface area is 179 Å². The summed E-state index contributed by atoms with van der Waals surface area (Å²) in [6.07, 6.45) is -0.834. The first kappa shape index (κ1) is 25.9. The Morgan fingerprint density at radius 1 is 1.29 bits per heavy atom. The highest BCUT2D eigenvalue weighted by Crippen LogP contribution is 2.21. The Kier molecular flexibility index (Phi) is 9.97. The molecular formula is C20H28F3N5O3. The maximum Gasteiger partial charge on any atom is 0.422 e. The van der Waals surface area contributed by atoms with Crippen LogP contribution in [0.3, 0.4) is 0 Å². The fourth-order valence-electron chi connectivity index (χ4n) is 2.36. The van der Waals surface area contributed by atoms with E-state index >= 15 is 0 Å². The molecule has 0 saturated carbocycles. The van der Waals surface area contributed by atoms with Gasteiger partial charge in [0.15, 0.2) is 6.61 Å². The zero-order valence-electron chi connectivity index (χ0n) is 17.9. The number of amides is 2. The lowest BCUT2D eigenvalue weighted by Gasteiger charge is -2.18. The largest absolute Gasteiger partial charge is 0.468 e. The number of alkyl halides is 3. The molecule has 0 fully saturated rings. The van der Waals surface area contributed by atoms with Crippen molar-refractivity contribution in [3.05, 3.63) is 35.7 Å². The van der Waals surface area contributed by atoms with Crippen molar-refractivity contribution in [3.63, 3.8) is 0 Å². The van der Waals surface area contributed by atoms with Crippen LogP contribution in [0.5, 0.6) is 5.88 Å². The smallest absolute Gasteiger partial charge is 0.422 e. The van der Waals surface area contributed by atoms with Crippen molar-refractivity contribution in [1.82, 2.24) is 15.6 Å². The predicted octanol–water partition coefficient (Wildman–Crippen LogP) is 2.97. The van der Waals surface area contributed by atoms with Crippen LogP contribution in [0.4, 0.5) is 13.2 Å². The predicted molar refractivity (Wildman–Crippen MR) is 110 cm³/mol. The Morgan fingerprint density at radius 2 is 1.97 bits per heavy atom. The molecule has 0 aliphatic heterocycles. The molecular weight excluding hydrogens is 415 g/mol. The first-order valence-electron chi connectivity index (χ1n) is 9.77. The topological polar surface area (TPSA) is 119 Å². The number of halogens is 3. The number of guanidine groups is 1. The number of aromatic nitrogens is 1. The Morgan fingerprint density at radius 3 is 2.45 bits per heavy atom. The lowest BCUT2D eigenvalue weighted by Crippen LogP contribution is -2.37. The number of rotatable bonds is 9. The molecule has 31 heavy (non-hydrogen) atoms. The molecule has 1 aromatic heterocycles. The van der Waals surface area contributed by atoms with E-state index in [1.807, 2.05) is 20.8 Å². The number of aliphatic imine (C=N–C) groups is 1. The third kappa shape index (κ3) is 9.96. The second-order valence-corrected chi connectivity index (χ2v) is 6.96. The third-order valence-corrected chi connectivity index (χ3v) is 3.81. The molecule has 1 aromatic rings. The van der Waals surface area contributed by atoms with E-state index in [0.717, 1.165) is 0 Å². The van der Waals surface area contributed by atoms with Crippen LogP contribution in [0.2, 0.25) is 0 Å². The standard InChI is InChI=1S/C20H28F3N5O3/c1-5-14(13-7-8-17(25-10-13)31-11-20(21,22)23)26-18(30)15(9-12(3)4)27-19(24)28-16(29)6-2/h7-10,12,14H,5-6,11H2,1-4H3,(H,26,30)(H3,24,27,28,29)/b15-9-. The number of pyridine rings is 1. The van der Waals surface area contributed by atoms with Gasteiger partial charge in [0.25, 0.3) is 5.91 Å². The highest BCUT2D eigenvalue weighted by Gasteiger charge is 2.28. The Hall–Kier alpha value is -3.11. The molecule has 2 amide bonds. The van der Waals surface area contributed by atoms with Crippen molar-refractivity contribution in [3.8, 4) is 5.88 Å². The summed E-state index contributed by atoms with van der Waals surface area (Å²) in [7, 11) is 0. The lowest BCUT2D eigenvalue weighted by molar-refractivity contribution is -0.154. The van der Waals surface area contributed by atoms with Gasteiger partial charge in [-0.1, -0.05) is 39.8 Å². The van der Waals surface area contributed by atoms with Crippen molar-refractivity contribution in [1.29, 1.82) is 0 Å². The van der Waals surface area contributed by atoms with Crippen molar-refractivity contribution in [2.24, 2.45) is 16.6 Å². The molecule has 1 rings (SSSR count). The summed E-state index contributed by atoms with van der Waals surface area (Å²) in [5.41, 5.74) is 6.32. The van der Waals surface area contributed by atoms with Crippen molar-refractivity contribution < 1.29 is 27.5 Å². The van der Waals surface area contributed by atoms with Crippen molar-refractivity contribution >= 4 is 17.8 Å². The first-order valence-corrected chi connectivity index (χ1v) is 9.77. The van der Waals surface area contributed by atoms with Crippen LogP contribution in [-0.4, -0.2) is 35.5 Å². The molecule has 172 valence electrons. The van der Waals surface area contributed by atoms with E-state index in [0.29, 0.717) is 12.0 Å². The molecule has 1 heterocycles. The monoisotopic (exact) mass is 443 g/mol. The van der Waals surface area contributed by atoms with E-state index < -0.39 is 24.7 Å². The third-order valence-electron chi connectivity index (χ3n) is 3.81. The van der Waals surface area contributed by atoms with E-state index in [9.17, 15) is 22.8 Å². The minimum absolute atomic E-state index is 0.0222. The van der Waals surface area contributed by atoms with Crippen LogP contribution in [0.15, 0.2) is 35.1 Å². The van der Waals surface area contributed by atoms with E-state index in [-0.39, 0.29) is 35.8 Å². The van der Waals surface area contributed by atoms with Gasteiger partial charge in [0.05, 0.1) is 6.04 Å². The summed E-state index contributed by atoms with van der Waals surface area (Å²) in [6, 6.07) is 2.35. The number of carbonyl (C=O) groups excluding carboxylic acids is 2. The van der Waals surface area contributed by atoms with Crippen LogP contribution >= 0.6 is 0 Å². The average Bonchev–Trinajstić information content (AvgIpc) is 2.69. The van der Waals surface area contributed by atoms with Gasteiger partial charge in [-0.15, -0.1) is 0 Å². The number of ether oxygens (including phenoxy) is 1. The molecule has 4 N–H and O–H groups in total. The zero-order chi connectivity index (χ0) is 23.6. The second-order valence-electron chi connectivity index (χ2n) is 6.96. The van der Waals surface area contributed by atoms with Crippen LogP contribution in [-0.2, 0) is 9.59 Å². The number of nitrogens with one attached hydrogen (secondary N) is 2. The van der Waals surface area contributed by atoms with Crippen LogP contribution in [0, 0.1) is 5.92 Å². The van der Waals surface area contributed by atoms with Crippen molar-refractivity contribution in [2.45, 2.75) is 52.8 Å². The average molecular weight is 443 g/mol. The van der Waals surface area contributed by atoms with Crippen molar-refractivity contribution in [2.75, 3.05) is 6.61 Å². The van der Waals surface area contributed by atoms with Gasteiger partial charge in [0.2, 0.25) is 17.7 Å². The van der Waals surface area contributed by atoms with Crippen LogP contribution < -0.4 is 21.1 Å². The number of allylic oxidation sites excluding steroid dienone is 1. The number of hydrogen-bond acceptors (Lipinski definition) is 5. The molecule has 1 unspecified atom stereocenters. The normalized spacial score (nSPS) is 13.7. The van der Waals surface area contributed by atoms with Crippen LogP contribution in [0.1, 0.15) is 52.1 Å². The van der Waals surface area contributed by atoms with E-state index in [1.54, 1.807) is 13.0 Å². The van der Waals surface area contributed by atoms with Gasteiger partial charge in [-0.2, -0.15) is 13.2 Å². The molecule has 0 radical (unpaired) electrons. The quantitative estimate of drug-likeness (QED) is 0.308. The van der Waals surface area contributed by atoms with Gasteiger partial charge >= 0.3 is 6.18 Å². The van der Waals surface area contributed by atoms with Gasteiger partial charge < -0.3 is 15.8 Å². The van der Waals surface area contributed by atoms with Gasteiger partial charge in [-0.25, -0.2) is 9.98 Å². The number of nitrogens with zero attached hydrogens (tertiary/aromatic N) is 2. The maximum absolute atomic E-state index is 12.8. The Bertz CT molecular complexity index is 805. The molecule has 0 aromatic carbocycles. The van der Waals surface area contributed by atoms with E-state index in [4.69, 9.17) is 5.73 Å². The summed E-state index contributed by atoms with van der Waals surface area (Å²) in [4.78, 5) is 32.1. The second kappa shape index (κ2) is 11.9. The summed E-state index contributed by atoms with van der Waals surface area (Å²) in [5, 5.41) is 5.17. The number of carbonyl (C=O) groups is 2. The summed E-state index contributed by atoms with van der Waals surface area (Å²) in [6.45, 7) is 5.74. The summed E-state index contributed by atoms with van der Waals surface area (Å²) >= 11 is 0. The van der Waals surface area contributed by atoms with E-state index in [2.05, 4.69) is 25.3 Å². The zero-order valence-corrected chi connectivity index (χ0v) is 17.9. The van der Waals surface area contributed by atoms with E-state index in [1.165, 1.54) is 18.3 Å². The Balaban J connectivity index is 2.95. The van der Waals surface area contributed by atoms with Gasteiger partial charge in [0, 0.05) is 18.7 Å². The highest BCUT2D eigenvalue weighted by molar-refractivity contribution is 6.00. The molecule has 8 nitrogen and oxygen atoms in total. The molecule has 0 bridgehead atoms. The first-order chi connectivity index (χ1) is 14.4. The molecule has 0 aliphatic rings. The summed E-state index contributed by atoms with van der Waals surface area (Å²) < 4.78 is 41.3. The molecule has 1 atom stereocenters.